The fourth-order valence-corrected chi connectivity index (χ4v) is 2.93. The van der Waals surface area contributed by atoms with Crippen molar-refractivity contribution in [2.24, 2.45) is 0 Å². The number of rotatable bonds is 7. The number of thioether (sulfide) groups is 1. The second-order valence-electron chi connectivity index (χ2n) is 5.71. The Balaban J connectivity index is 2.01. The first-order valence-corrected chi connectivity index (χ1v) is 9.12. The zero-order valence-electron chi connectivity index (χ0n) is 14.9. The van der Waals surface area contributed by atoms with E-state index in [4.69, 9.17) is 10.00 Å². The molecule has 0 aliphatic heterocycles. The zero-order chi connectivity index (χ0) is 19.8. The van der Waals surface area contributed by atoms with Crippen molar-refractivity contribution in [1.82, 2.24) is 0 Å². The van der Waals surface area contributed by atoms with Crippen LogP contribution >= 0.6 is 11.8 Å². The van der Waals surface area contributed by atoms with Crippen LogP contribution in [0.15, 0.2) is 53.4 Å². The first kappa shape index (κ1) is 20.2. The largest absolute Gasteiger partial charge is 0.449 e. The Hall–Kier alpha value is -3.11. The summed E-state index contributed by atoms with van der Waals surface area (Å²) in [5.74, 6) is -0.872. The summed E-state index contributed by atoms with van der Waals surface area (Å²) in [6.07, 6.45) is -1.01. The minimum absolute atomic E-state index is 0.00154. The van der Waals surface area contributed by atoms with Gasteiger partial charge in [-0.05, 0) is 50.2 Å². The third-order valence-electron chi connectivity index (χ3n) is 3.47. The average molecular weight is 382 g/mol. The van der Waals surface area contributed by atoms with Gasteiger partial charge < -0.3 is 10.1 Å². The summed E-state index contributed by atoms with van der Waals surface area (Å²) in [4.78, 5) is 36.4. The maximum atomic E-state index is 12.4. The third kappa shape index (κ3) is 5.97. The summed E-state index contributed by atoms with van der Waals surface area (Å²) in [5.41, 5.74) is 1.29. The predicted molar refractivity (Wildman–Crippen MR) is 103 cm³/mol. The van der Waals surface area contributed by atoms with Gasteiger partial charge in [0.15, 0.2) is 6.10 Å². The van der Waals surface area contributed by atoms with Crippen LogP contribution in [-0.2, 0) is 14.3 Å². The minimum atomic E-state index is -1.01. The molecule has 0 aliphatic rings. The Morgan fingerprint density at radius 2 is 1.81 bits per heavy atom. The SMILES string of the molecule is CC(=O)CSc1ccccc1C(=O)O[C@H](C)C(=O)Nc1ccc(C#N)cc1. The quantitative estimate of drug-likeness (QED) is 0.582. The molecule has 7 heteroatoms. The standard InChI is InChI=1S/C20H18N2O4S/c1-13(23)12-27-18-6-4-3-5-17(18)20(25)26-14(2)19(24)22-16-9-7-15(11-21)8-10-16/h3-10,14H,12H2,1-2H3,(H,22,24)/t14-/m1/s1. The smallest absolute Gasteiger partial charge is 0.340 e. The molecular formula is C20H18N2O4S. The number of benzene rings is 2. The maximum Gasteiger partial charge on any atom is 0.340 e. The Morgan fingerprint density at radius 1 is 1.15 bits per heavy atom. The number of Topliss-reactive ketones (excluding diaryl/α,β-unsaturated/α-hetero) is 1. The highest BCUT2D eigenvalue weighted by atomic mass is 32.2. The molecule has 27 heavy (non-hydrogen) atoms. The number of amides is 1. The first-order valence-electron chi connectivity index (χ1n) is 8.14. The Kier molecular flexibility index (Phi) is 7.15. The van der Waals surface area contributed by atoms with E-state index in [-0.39, 0.29) is 11.5 Å². The maximum absolute atomic E-state index is 12.4. The highest BCUT2D eigenvalue weighted by Crippen LogP contribution is 2.23. The molecule has 0 unspecified atom stereocenters. The average Bonchev–Trinajstić information content (AvgIpc) is 2.67. The Labute approximate surface area is 161 Å². The molecular weight excluding hydrogens is 364 g/mol. The molecule has 1 amide bonds. The van der Waals surface area contributed by atoms with Gasteiger partial charge in [-0.25, -0.2) is 4.79 Å². The van der Waals surface area contributed by atoms with Crippen LogP contribution in [0.3, 0.4) is 0 Å². The van der Waals surface area contributed by atoms with Crippen molar-refractivity contribution in [1.29, 1.82) is 5.26 Å². The molecule has 2 aromatic rings. The minimum Gasteiger partial charge on any atom is -0.449 e. The lowest BCUT2D eigenvalue weighted by Crippen LogP contribution is -2.30. The van der Waals surface area contributed by atoms with Crippen LogP contribution < -0.4 is 5.32 Å². The van der Waals surface area contributed by atoms with Crippen LogP contribution in [0, 0.1) is 11.3 Å². The fraction of sp³-hybridized carbons (Fsp3) is 0.200. The van der Waals surface area contributed by atoms with Gasteiger partial charge in [0.1, 0.15) is 5.78 Å². The molecule has 138 valence electrons. The van der Waals surface area contributed by atoms with Crippen LogP contribution in [0.2, 0.25) is 0 Å². The molecule has 1 N–H and O–H groups in total. The fourth-order valence-electron chi connectivity index (χ4n) is 2.09. The van der Waals surface area contributed by atoms with E-state index in [9.17, 15) is 14.4 Å². The van der Waals surface area contributed by atoms with E-state index in [2.05, 4.69) is 5.32 Å². The van der Waals surface area contributed by atoms with Crippen molar-refractivity contribution in [2.75, 3.05) is 11.1 Å². The van der Waals surface area contributed by atoms with Gasteiger partial charge in [0.05, 0.1) is 22.9 Å². The Bertz CT molecular complexity index is 888. The van der Waals surface area contributed by atoms with E-state index in [0.29, 0.717) is 21.7 Å². The number of hydrogen-bond donors (Lipinski definition) is 1. The molecule has 2 aromatic carbocycles. The van der Waals surface area contributed by atoms with Crippen LogP contribution in [-0.4, -0.2) is 29.5 Å². The summed E-state index contributed by atoms with van der Waals surface area (Å²) in [6, 6.07) is 15.1. The molecule has 0 spiro atoms. The molecule has 0 saturated carbocycles. The molecule has 0 aromatic heterocycles. The summed E-state index contributed by atoms with van der Waals surface area (Å²) in [6.45, 7) is 2.95. The predicted octanol–water partition coefficient (Wildman–Crippen LogP) is 3.42. The van der Waals surface area contributed by atoms with Crippen LogP contribution in [0.5, 0.6) is 0 Å². The van der Waals surface area contributed by atoms with Crippen LogP contribution in [0.4, 0.5) is 5.69 Å². The number of anilines is 1. The van der Waals surface area contributed by atoms with Gasteiger partial charge in [0.2, 0.25) is 0 Å². The highest BCUT2D eigenvalue weighted by molar-refractivity contribution is 8.00. The van der Waals surface area contributed by atoms with Gasteiger partial charge in [-0.15, -0.1) is 11.8 Å². The van der Waals surface area contributed by atoms with Gasteiger partial charge in [0.25, 0.3) is 5.91 Å². The van der Waals surface area contributed by atoms with Crippen molar-refractivity contribution >= 4 is 35.1 Å². The van der Waals surface area contributed by atoms with Gasteiger partial charge in [-0.3, -0.25) is 9.59 Å². The lowest BCUT2D eigenvalue weighted by atomic mass is 10.2. The molecule has 6 nitrogen and oxygen atoms in total. The first-order chi connectivity index (χ1) is 12.9. The summed E-state index contributed by atoms with van der Waals surface area (Å²) >= 11 is 1.25. The van der Waals surface area contributed by atoms with E-state index >= 15 is 0 Å². The topological polar surface area (TPSA) is 96.3 Å². The van der Waals surface area contributed by atoms with Gasteiger partial charge in [0, 0.05) is 10.6 Å². The van der Waals surface area contributed by atoms with Crippen LogP contribution in [0.25, 0.3) is 0 Å². The second kappa shape index (κ2) is 9.55. The van der Waals surface area contributed by atoms with Gasteiger partial charge in [-0.2, -0.15) is 5.26 Å². The van der Waals surface area contributed by atoms with E-state index in [0.717, 1.165) is 0 Å². The van der Waals surface area contributed by atoms with Crippen molar-refractivity contribution in [3.63, 3.8) is 0 Å². The van der Waals surface area contributed by atoms with E-state index in [1.165, 1.54) is 25.6 Å². The van der Waals surface area contributed by atoms with Crippen molar-refractivity contribution in [2.45, 2.75) is 24.8 Å². The van der Waals surface area contributed by atoms with Crippen molar-refractivity contribution < 1.29 is 19.1 Å². The zero-order valence-corrected chi connectivity index (χ0v) is 15.7. The second-order valence-corrected chi connectivity index (χ2v) is 6.73. The number of ether oxygens (including phenoxy) is 1. The number of nitrogens with zero attached hydrogens (tertiary/aromatic N) is 1. The molecule has 0 radical (unpaired) electrons. The van der Waals surface area contributed by atoms with E-state index in [1.807, 2.05) is 6.07 Å². The summed E-state index contributed by atoms with van der Waals surface area (Å²) in [5, 5.41) is 11.4. The molecule has 0 fully saturated rings. The van der Waals surface area contributed by atoms with Crippen molar-refractivity contribution in [3.8, 4) is 6.07 Å². The van der Waals surface area contributed by atoms with Gasteiger partial charge in [-0.1, -0.05) is 12.1 Å². The number of ketones is 1. The number of carbonyl (C=O) groups excluding carboxylic acids is 3. The molecule has 0 aliphatic carbocycles. The van der Waals surface area contributed by atoms with Gasteiger partial charge >= 0.3 is 5.97 Å². The number of esters is 1. The normalized spacial score (nSPS) is 11.1. The molecule has 2 rings (SSSR count). The number of carbonyl (C=O) groups is 3. The Morgan fingerprint density at radius 3 is 2.44 bits per heavy atom. The van der Waals surface area contributed by atoms with E-state index < -0.39 is 18.0 Å². The monoisotopic (exact) mass is 382 g/mol. The number of nitriles is 1. The van der Waals surface area contributed by atoms with E-state index in [1.54, 1.807) is 48.5 Å². The third-order valence-corrected chi connectivity index (χ3v) is 4.69. The molecule has 0 saturated heterocycles. The van der Waals surface area contributed by atoms with Crippen molar-refractivity contribution in [3.05, 3.63) is 59.7 Å². The summed E-state index contributed by atoms with van der Waals surface area (Å²) in [7, 11) is 0. The lowest BCUT2D eigenvalue weighted by molar-refractivity contribution is -0.123. The number of nitrogens with one attached hydrogen (secondary N) is 1. The summed E-state index contributed by atoms with van der Waals surface area (Å²) < 4.78 is 5.26. The molecule has 0 bridgehead atoms. The molecule has 0 heterocycles. The lowest BCUT2D eigenvalue weighted by Gasteiger charge is -2.15. The molecule has 1 atom stereocenters. The highest BCUT2D eigenvalue weighted by Gasteiger charge is 2.21. The number of hydrogen-bond acceptors (Lipinski definition) is 6. The van der Waals surface area contributed by atoms with Crippen LogP contribution in [0.1, 0.15) is 29.8 Å².